The van der Waals surface area contributed by atoms with Gasteiger partial charge in [0.15, 0.2) is 0 Å². The molecule has 0 aromatic heterocycles. The maximum atomic E-state index is 10.7. The zero-order valence-electron chi connectivity index (χ0n) is 11.1. The lowest BCUT2D eigenvalue weighted by atomic mass is 10.1. The molecular weight excluding hydrogens is 248 g/mol. The summed E-state index contributed by atoms with van der Waals surface area (Å²) < 4.78 is 10.4. The van der Waals surface area contributed by atoms with E-state index in [0.29, 0.717) is 18.3 Å². The van der Waals surface area contributed by atoms with Crippen molar-refractivity contribution in [2.24, 2.45) is 5.92 Å². The Hall–Kier alpha value is -1.82. The second-order valence-electron chi connectivity index (χ2n) is 4.69. The lowest BCUT2D eigenvalue weighted by Gasteiger charge is -2.20. The Morgan fingerprint density at radius 1 is 1.47 bits per heavy atom. The Morgan fingerprint density at radius 2 is 2.21 bits per heavy atom. The molecule has 6 heteroatoms. The molecule has 1 N–H and O–H groups in total. The molecule has 1 aromatic carbocycles. The highest BCUT2D eigenvalue weighted by molar-refractivity contribution is 5.61. The number of ether oxygens (including phenoxy) is 2. The molecule has 0 radical (unpaired) electrons. The maximum absolute atomic E-state index is 10.7. The summed E-state index contributed by atoms with van der Waals surface area (Å²) in [7, 11) is 3.18. The van der Waals surface area contributed by atoms with Crippen molar-refractivity contribution in [3.05, 3.63) is 28.3 Å². The van der Waals surface area contributed by atoms with Gasteiger partial charge in [-0.1, -0.05) is 0 Å². The van der Waals surface area contributed by atoms with Gasteiger partial charge in [0.2, 0.25) is 0 Å². The van der Waals surface area contributed by atoms with E-state index in [-0.39, 0.29) is 11.7 Å². The molecule has 0 bridgehead atoms. The van der Waals surface area contributed by atoms with Crippen LogP contribution in [0.2, 0.25) is 0 Å². The molecule has 0 saturated heterocycles. The molecule has 1 aliphatic rings. The van der Waals surface area contributed by atoms with E-state index in [4.69, 9.17) is 9.47 Å². The first kappa shape index (κ1) is 13.6. The standard InChI is InChI=1S/C13H18N2O4/c1-18-8-12(9-3-4-9)14-11-6-5-10(15(16)17)7-13(11)19-2/h5-7,9,12,14H,3-4,8H2,1-2H3. The fraction of sp³-hybridized carbons (Fsp3) is 0.538. The van der Waals surface area contributed by atoms with Crippen LogP contribution < -0.4 is 10.1 Å². The zero-order chi connectivity index (χ0) is 13.8. The van der Waals surface area contributed by atoms with Crippen LogP contribution in [0.5, 0.6) is 5.75 Å². The summed E-state index contributed by atoms with van der Waals surface area (Å²) in [4.78, 5) is 10.3. The van der Waals surface area contributed by atoms with Gasteiger partial charge in [0.05, 0.1) is 36.4 Å². The fourth-order valence-electron chi connectivity index (χ4n) is 2.09. The lowest BCUT2D eigenvalue weighted by Crippen LogP contribution is -2.27. The summed E-state index contributed by atoms with van der Waals surface area (Å²) >= 11 is 0. The van der Waals surface area contributed by atoms with E-state index < -0.39 is 4.92 Å². The van der Waals surface area contributed by atoms with Crippen molar-refractivity contribution in [2.75, 3.05) is 26.1 Å². The van der Waals surface area contributed by atoms with Gasteiger partial charge >= 0.3 is 0 Å². The van der Waals surface area contributed by atoms with Gasteiger partial charge in [0.1, 0.15) is 5.75 Å². The molecule has 0 amide bonds. The van der Waals surface area contributed by atoms with Crippen LogP contribution in [0.4, 0.5) is 11.4 Å². The summed E-state index contributed by atoms with van der Waals surface area (Å²) in [5.41, 5.74) is 0.791. The van der Waals surface area contributed by atoms with Gasteiger partial charge in [-0.15, -0.1) is 0 Å². The average Bonchev–Trinajstić information content (AvgIpc) is 3.22. The van der Waals surface area contributed by atoms with Crippen molar-refractivity contribution < 1.29 is 14.4 Å². The van der Waals surface area contributed by atoms with E-state index in [1.807, 2.05) is 0 Å². The van der Waals surface area contributed by atoms with Gasteiger partial charge in [-0.05, 0) is 24.8 Å². The Balaban J connectivity index is 2.16. The minimum Gasteiger partial charge on any atom is -0.494 e. The molecule has 1 atom stereocenters. The van der Waals surface area contributed by atoms with Crippen LogP contribution in [-0.2, 0) is 4.74 Å². The van der Waals surface area contributed by atoms with Gasteiger partial charge in [-0.25, -0.2) is 0 Å². The SMILES string of the molecule is COCC(Nc1ccc([N+](=O)[O-])cc1OC)C1CC1. The van der Waals surface area contributed by atoms with Crippen LogP contribution in [0.3, 0.4) is 0 Å². The van der Waals surface area contributed by atoms with E-state index in [2.05, 4.69) is 5.32 Å². The third-order valence-corrected chi connectivity index (χ3v) is 3.27. The molecule has 0 aliphatic heterocycles. The third kappa shape index (κ3) is 3.35. The zero-order valence-corrected chi connectivity index (χ0v) is 11.1. The van der Waals surface area contributed by atoms with Gasteiger partial charge < -0.3 is 14.8 Å². The molecule has 6 nitrogen and oxygen atoms in total. The van der Waals surface area contributed by atoms with E-state index in [1.165, 1.54) is 32.1 Å². The Labute approximate surface area is 111 Å². The Kier molecular flexibility index (Phi) is 4.21. The van der Waals surface area contributed by atoms with Crippen LogP contribution in [0.1, 0.15) is 12.8 Å². The van der Waals surface area contributed by atoms with E-state index in [1.54, 1.807) is 13.2 Å². The van der Waals surface area contributed by atoms with Gasteiger partial charge in [-0.3, -0.25) is 10.1 Å². The lowest BCUT2D eigenvalue weighted by molar-refractivity contribution is -0.384. The number of benzene rings is 1. The minimum absolute atomic E-state index is 0.0251. The number of nitro benzene ring substituents is 1. The molecular formula is C13H18N2O4. The van der Waals surface area contributed by atoms with Gasteiger partial charge in [0, 0.05) is 13.2 Å². The van der Waals surface area contributed by atoms with Crippen molar-refractivity contribution >= 4 is 11.4 Å². The van der Waals surface area contributed by atoms with Crippen LogP contribution in [0.15, 0.2) is 18.2 Å². The van der Waals surface area contributed by atoms with Crippen LogP contribution in [0.25, 0.3) is 0 Å². The van der Waals surface area contributed by atoms with Crippen molar-refractivity contribution in [1.82, 2.24) is 0 Å². The number of anilines is 1. The van der Waals surface area contributed by atoms with Gasteiger partial charge in [0.25, 0.3) is 5.69 Å². The number of rotatable bonds is 7. The van der Waals surface area contributed by atoms with E-state index >= 15 is 0 Å². The largest absolute Gasteiger partial charge is 0.494 e. The van der Waals surface area contributed by atoms with Crippen molar-refractivity contribution in [1.29, 1.82) is 0 Å². The quantitative estimate of drug-likeness (QED) is 0.606. The molecule has 19 heavy (non-hydrogen) atoms. The van der Waals surface area contributed by atoms with Crippen LogP contribution in [0, 0.1) is 16.0 Å². The monoisotopic (exact) mass is 266 g/mol. The summed E-state index contributed by atoms with van der Waals surface area (Å²) in [6.45, 7) is 0.616. The van der Waals surface area contributed by atoms with Crippen molar-refractivity contribution in [2.45, 2.75) is 18.9 Å². The second kappa shape index (κ2) is 5.88. The molecule has 1 fully saturated rings. The van der Waals surface area contributed by atoms with E-state index in [9.17, 15) is 10.1 Å². The predicted molar refractivity (Wildman–Crippen MR) is 71.7 cm³/mol. The number of nitro groups is 1. The first-order valence-electron chi connectivity index (χ1n) is 6.23. The van der Waals surface area contributed by atoms with Gasteiger partial charge in [-0.2, -0.15) is 0 Å². The molecule has 1 aliphatic carbocycles. The molecule has 1 aromatic rings. The van der Waals surface area contributed by atoms with Crippen molar-refractivity contribution in [3.8, 4) is 5.75 Å². The Morgan fingerprint density at radius 3 is 2.74 bits per heavy atom. The molecule has 0 heterocycles. The molecule has 1 saturated carbocycles. The highest BCUT2D eigenvalue weighted by Crippen LogP contribution is 2.37. The maximum Gasteiger partial charge on any atom is 0.273 e. The number of hydrogen-bond donors (Lipinski definition) is 1. The summed E-state index contributed by atoms with van der Waals surface area (Å²) in [5.74, 6) is 1.09. The second-order valence-corrected chi connectivity index (χ2v) is 4.69. The number of nitrogens with zero attached hydrogens (tertiary/aromatic N) is 1. The average molecular weight is 266 g/mol. The number of non-ortho nitro benzene ring substituents is 1. The highest BCUT2D eigenvalue weighted by atomic mass is 16.6. The first-order chi connectivity index (χ1) is 9.15. The van der Waals surface area contributed by atoms with Crippen LogP contribution in [-0.4, -0.2) is 31.8 Å². The predicted octanol–water partition coefficient (Wildman–Crippen LogP) is 2.44. The smallest absolute Gasteiger partial charge is 0.273 e. The van der Waals surface area contributed by atoms with Crippen LogP contribution >= 0.6 is 0 Å². The summed E-state index contributed by atoms with van der Waals surface area (Å²) in [6.07, 6.45) is 2.38. The number of methoxy groups -OCH3 is 2. The summed E-state index contributed by atoms with van der Waals surface area (Å²) in [6, 6.07) is 4.81. The normalized spacial score (nSPS) is 15.9. The molecule has 0 spiro atoms. The highest BCUT2D eigenvalue weighted by Gasteiger charge is 2.31. The summed E-state index contributed by atoms with van der Waals surface area (Å²) in [5, 5.41) is 14.1. The topological polar surface area (TPSA) is 73.6 Å². The fourth-order valence-corrected chi connectivity index (χ4v) is 2.09. The molecule has 1 unspecified atom stereocenters. The Bertz CT molecular complexity index is 460. The third-order valence-electron chi connectivity index (χ3n) is 3.27. The number of nitrogens with one attached hydrogen (secondary N) is 1. The van der Waals surface area contributed by atoms with Crippen molar-refractivity contribution in [3.63, 3.8) is 0 Å². The number of hydrogen-bond acceptors (Lipinski definition) is 5. The first-order valence-corrected chi connectivity index (χ1v) is 6.23. The molecule has 2 rings (SSSR count). The molecule has 104 valence electrons. The van der Waals surface area contributed by atoms with E-state index in [0.717, 1.165) is 5.69 Å². The minimum atomic E-state index is -0.431.